The first-order valence-electron chi connectivity index (χ1n) is 7.40. The number of carbonyl (C=O) groups excluding carboxylic acids is 3. The maximum Gasteiger partial charge on any atom is 0.328 e. The molecule has 0 aliphatic rings. The highest BCUT2D eigenvalue weighted by atomic mass is 16.5. The van der Waals surface area contributed by atoms with E-state index in [2.05, 4.69) is 10.1 Å². The van der Waals surface area contributed by atoms with Crippen LogP contribution in [0.15, 0.2) is 30.5 Å². The number of aryl methyl sites for hydroxylation is 1. The summed E-state index contributed by atoms with van der Waals surface area (Å²) in [5.74, 6) is -0.739. The van der Waals surface area contributed by atoms with Gasteiger partial charge in [-0.15, -0.1) is 0 Å². The van der Waals surface area contributed by atoms with Crippen LogP contribution in [0.4, 0.5) is 0 Å². The number of amides is 1. The van der Waals surface area contributed by atoms with Gasteiger partial charge in [0.05, 0.1) is 7.11 Å². The highest BCUT2D eigenvalue weighted by Gasteiger charge is 2.16. The third kappa shape index (κ3) is 3.77. The first-order chi connectivity index (χ1) is 10.9. The Balaban J connectivity index is 2.09. The Hall–Kier alpha value is -2.63. The number of nitrogens with one attached hydrogen (secondary N) is 1. The summed E-state index contributed by atoms with van der Waals surface area (Å²) in [5, 5.41) is 3.46. The monoisotopic (exact) mass is 316 g/mol. The fourth-order valence-corrected chi connectivity index (χ4v) is 2.48. The molecule has 0 fully saturated rings. The van der Waals surface area contributed by atoms with Crippen LogP contribution in [-0.2, 0) is 20.9 Å². The lowest BCUT2D eigenvalue weighted by Gasteiger charge is -2.12. The van der Waals surface area contributed by atoms with E-state index in [1.807, 2.05) is 28.8 Å². The van der Waals surface area contributed by atoms with E-state index < -0.39 is 12.0 Å². The molecule has 0 radical (unpaired) electrons. The smallest absolute Gasteiger partial charge is 0.328 e. The van der Waals surface area contributed by atoms with Crippen molar-refractivity contribution in [2.45, 2.75) is 32.9 Å². The molecule has 0 bridgehead atoms. The van der Waals surface area contributed by atoms with Gasteiger partial charge in [0.1, 0.15) is 6.04 Å². The zero-order valence-electron chi connectivity index (χ0n) is 13.5. The van der Waals surface area contributed by atoms with Crippen LogP contribution in [0.25, 0.3) is 10.9 Å². The van der Waals surface area contributed by atoms with Crippen LogP contribution in [-0.4, -0.2) is 35.4 Å². The van der Waals surface area contributed by atoms with Crippen LogP contribution in [0.5, 0.6) is 0 Å². The van der Waals surface area contributed by atoms with Crippen LogP contribution in [0.2, 0.25) is 0 Å². The topological polar surface area (TPSA) is 77.4 Å². The van der Waals surface area contributed by atoms with Crippen molar-refractivity contribution in [3.05, 3.63) is 36.0 Å². The first-order valence-corrected chi connectivity index (χ1v) is 7.40. The summed E-state index contributed by atoms with van der Waals surface area (Å²) in [7, 11) is 1.28. The van der Waals surface area contributed by atoms with Crippen LogP contribution >= 0.6 is 0 Å². The molecule has 1 aromatic carbocycles. The van der Waals surface area contributed by atoms with Gasteiger partial charge in [-0.1, -0.05) is 18.2 Å². The second-order valence-corrected chi connectivity index (χ2v) is 5.37. The number of para-hydroxylation sites is 1. The summed E-state index contributed by atoms with van der Waals surface area (Å²) in [4.78, 5) is 34.9. The Morgan fingerprint density at radius 3 is 2.61 bits per heavy atom. The molecule has 2 rings (SSSR count). The van der Waals surface area contributed by atoms with Crippen molar-refractivity contribution in [2.75, 3.05) is 7.11 Å². The van der Waals surface area contributed by atoms with Gasteiger partial charge >= 0.3 is 5.97 Å². The number of hydrogen-bond donors (Lipinski definition) is 1. The minimum absolute atomic E-state index is 0.0104. The van der Waals surface area contributed by atoms with E-state index in [1.165, 1.54) is 14.0 Å². The molecular formula is C17H20N2O4. The molecule has 0 saturated heterocycles. The van der Waals surface area contributed by atoms with Gasteiger partial charge in [0, 0.05) is 35.6 Å². The number of ketones is 1. The number of methoxy groups -OCH3 is 1. The summed E-state index contributed by atoms with van der Waals surface area (Å²) in [5.41, 5.74) is 1.55. The molecule has 23 heavy (non-hydrogen) atoms. The zero-order chi connectivity index (χ0) is 17.0. The predicted molar refractivity (Wildman–Crippen MR) is 86.2 cm³/mol. The van der Waals surface area contributed by atoms with Crippen molar-refractivity contribution in [2.24, 2.45) is 0 Å². The standard InChI is InChI=1S/C17H20N2O4/c1-11(17(22)23-3)18-16(21)8-9-19-10-14(12(2)20)13-6-4-5-7-15(13)19/h4-7,10-11H,8-9H2,1-3H3,(H,18,21). The fourth-order valence-electron chi connectivity index (χ4n) is 2.48. The van der Waals surface area contributed by atoms with Crippen LogP contribution in [0.3, 0.4) is 0 Å². The van der Waals surface area contributed by atoms with E-state index in [0.717, 1.165) is 10.9 Å². The number of hydrogen-bond acceptors (Lipinski definition) is 4. The second kappa shape index (κ2) is 7.09. The van der Waals surface area contributed by atoms with Gasteiger partial charge in [-0.3, -0.25) is 9.59 Å². The molecule has 1 unspecified atom stereocenters. The normalized spacial score (nSPS) is 12.0. The van der Waals surface area contributed by atoms with Crippen molar-refractivity contribution in [3.63, 3.8) is 0 Å². The van der Waals surface area contributed by atoms with E-state index in [9.17, 15) is 14.4 Å². The quantitative estimate of drug-likeness (QED) is 0.652. The van der Waals surface area contributed by atoms with E-state index >= 15 is 0 Å². The van der Waals surface area contributed by atoms with E-state index in [4.69, 9.17) is 0 Å². The Morgan fingerprint density at radius 2 is 1.96 bits per heavy atom. The lowest BCUT2D eigenvalue weighted by atomic mass is 10.1. The number of fused-ring (bicyclic) bond motifs is 1. The van der Waals surface area contributed by atoms with Crippen molar-refractivity contribution in [1.82, 2.24) is 9.88 Å². The summed E-state index contributed by atoms with van der Waals surface area (Å²) in [6.07, 6.45) is 1.97. The second-order valence-electron chi connectivity index (χ2n) is 5.37. The lowest BCUT2D eigenvalue weighted by molar-refractivity contribution is -0.144. The van der Waals surface area contributed by atoms with Crippen LogP contribution in [0.1, 0.15) is 30.6 Å². The summed E-state index contributed by atoms with van der Waals surface area (Å²) in [6, 6.07) is 6.90. The van der Waals surface area contributed by atoms with Gasteiger partial charge in [-0.2, -0.15) is 0 Å². The maximum atomic E-state index is 11.9. The molecule has 0 aliphatic heterocycles. The minimum Gasteiger partial charge on any atom is -0.467 e. The van der Waals surface area contributed by atoms with Gasteiger partial charge in [0.15, 0.2) is 5.78 Å². The summed E-state index contributed by atoms with van der Waals surface area (Å²) < 4.78 is 6.45. The lowest BCUT2D eigenvalue weighted by Crippen LogP contribution is -2.39. The number of aromatic nitrogens is 1. The Kier molecular flexibility index (Phi) is 5.16. The Morgan fingerprint density at radius 1 is 1.26 bits per heavy atom. The van der Waals surface area contributed by atoms with Gasteiger partial charge in [-0.25, -0.2) is 4.79 Å². The van der Waals surface area contributed by atoms with Crippen LogP contribution in [0, 0.1) is 0 Å². The summed E-state index contributed by atoms with van der Waals surface area (Å²) >= 11 is 0. The van der Waals surface area contributed by atoms with Crippen molar-refractivity contribution < 1.29 is 19.1 Å². The molecule has 6 nitrogen and oxygen atoms in total. The van der Waals surface area contributed by atoms with Crippen molar-refractivity contribution in [3.8, 4) is 0 Å². The molecule has 0 spiro atoms. The molecule has 1 aromatic heterocycles. The van der Waals surface area contributed by atoms with E-state index in [0.29, 0.717) is 12.1 Å². The number of Topliss-reactive ketones (excluding diaryl/α,β-unsaturated/α-hetero) is 1. The number of esters is 1. The van der Waals surface area contributed by atoms with E-state index in [-0.39, 0.29) is 18.1 Å². The average Bonchev–Trinajstić information content (AvgIpc) is 2.91. The van der Waals surface area contributed by atoms with E-state index in [1.54, 1.807) is 13.1 Å². The van der Waals surface area contributed by atoms with Crippen molar-refractivity contribution >= 4 is 28.6 Å². The molecule has 6 heteroatoms. The predicted octanol–water partition coefficient (Wildman–Crippen LogP) is 1.91. The number of carbonyl (C=O) groups is 3. The van der Waals surface area contributed by atoms with Crippen LogP contribution < -0.4 is 5.32 Å². The van der Waals surface area contributed by atoms with Gasteiger partial charge in [-0.05, 0) is 19.9 Å². The molecule has 122 valence electrons. The molecule has 0 saturated carbocycles. The number of benzene rings is 1. The third-order valence-corrected chi connectivity index (χ3v) is 3.68. The SMILES string of the molecule is COC(=O)C(C)NC(=O)CCn1cc(C(C)=O)c2ccccc21. The highest BCUT2D eigenvalue weighted by molar-refractivity contribution is 6.07. The molecule has 1 heterocycles. The molecule has 1 N–H and O–H groups in total. The number of ether oxygens (including phenoxy) is 1. The van der Waals surface area contributed by atoms with Gasteiger partial charge < -0.3 is 14.6 Å². The third-order valence-electron chi connectivity index (χ3n) is 3.68. The molecular weight excluding hydrogens is 296 g/mol. The maximum absolute atomic E-state index is 11.9. The first kappa shape index (κ1) is 16.7. The fraction of sp³-hybridized carbons (Fsp3) is 0.353. The molecule has 2 aromatic rings. The number of rotatable bonds is 6. The largest absolute Gasteiger partial charge is 0.467 e. The van der Waals surface area contributed by atoms with Gasteiger partial charge in [0.25, 0.3) is 0 Å². The zero-order valence-corrected chi connectivity index (χ0v) is 13.5. The Bertz CT molecular complexity index is 748. The average molecular weight is 316 g/mol. The summed E-state index contributed by atoms with van der Waals surface area (Å²) in [6.45, 7) is 3.52. The number of nitrogens with zero attached hydrogens (tertiary/aromatic N) is 1. The molecule has 1 amide bonds. The molecule has 1 atom stereocenters. The van der Waals surface area contributed by atoms with Gasteiger partial charge in [0.2, 0.25) is 5.91 Å². The van der Waals surface area contributed by atoms with Crippen molar-refractivity contribution in [1.29, 1.82) is 0 Å². The Labute approximate surface area is 134 Å². The molecule has 0 aliphatic carbocycles. The highest BCUT2D eigenvalue weighted by Crippen LogP contribution is 2.22. The minimum atomic E-state index is -0.679.